The van der Waals surface area contributed by atoms with Gasteiger partial charge in [-0.2, -0.15) is 5.10 Å². The van der Waals surface area contributed by atoms with Crippen LogP contribution in [0.4, 0.5) is 5.88 Å². The Balaban J connectivity index is 2.16. The molecule has 3 aromatic rings. The Kier molecular flexibility index (Phi) is 2.76. The molecule has 0 unspecified atom stereocenters. The van der Waals surface area contributed by atoms with Gasteiger partial charge in [0.2, 0.25) is 5.88 Å². The van der Waals surface area contributed by atoms with Crippen LogP contribution in [-0.4, -0.2) is 14.9 Å². The fourth-order valence-electron chi connectivity index (χ4n) is 1.94. The maximum absolute atomic E-state index is 5.89. The van der Waals surface area contributed by atoms with Crippen molar-refractivity contribution < 1.29 is 4.52 Å². The molecule has 0 bridgehead atoms. The molecule has 0 aliphatic rings. The zero-order valence-corrected chi connectivity index (χ0v) is 10.9. The number of benzene rings is 1. The number of aryl methyl sites for hydroxylation is 1. The number of hydrogen-bond donors (Lipinski definition) is 1. The van der Waals surface area contributed by atoms with Gasteiger partial charge in [-0.3, -0.25) is 4.68 Å². The molecule has 2 heterocycles. The highest BCUT2D eigenvalue weighted by Crippen LogP contribution is 2.36. The van der Waals surface area contributed by atoms with E-state index in [4.69, 9.17) is 21.9 Å². The van der Waals surface area contributed by atoms with Gasteiger partial charge >= 0.3 is 0 Å². The lowest BCUT2D eigenvalue weighted by molar-refractivity contribution is 0.439. The number of nitrogens with zero attached hydrogens (tertiary/aromatic N) is 3. The summed E-state index contributed by atoms with van der Waals surface area (Å²) >= 11 is 5.89. The van der Waals surface area contributed by atoms with Crippen molar-refractivity contribution in [3.63, 3.8) is 0 Å². The minimum atomic E-state index is 0.279. The second-order valence-electron chi connectivity index (χ2n) is 4.18. The fraction of sp³-hybridized carbons (Fsp3) is 0.0769. The van der Waals surface area contributed by atoms with Crippen LogP contribution in [0.15, 0.2) is 41.2 Å². The molecular formula is C13H11ClN4O. The molecule has 0 saturated carbocycles. The largest absolute Gasteiger partial charge is 0.367 e. The highest BCUT2D eigenvalue weighted by Gasteiger charge is 2.18. The van der Waals surface area contributed by atoms with Crippen LogP contribution in [0.2, 0.25) is 5.02 Å². The first-order valence-corrected chi connectivity index (χ1v) is 6.03. The summed E-state index contributed by atoms with van der Waals surface area (Å²) in [6, 6.07) is 7.36. The monoisotopic (exact) mass is 274 g/mol. The summed E-state index contributed by atoms with van der Waals surface area (Å²) in [5.74, 6) is 0.279. The van der Waals surface area contributed by atoms with Crippen LogP contribution in [0.3, 0.4) is 0 Å². The van der Waals surface area contributed by atoms with Crippen molar-refractivity contribution >= 4 is 17.5 Å². The van der Waals surface area contributed by atoms with Crippen LogP contribution < -0.4 is 5.73 Å². The molecule has 0 amide bonds. The lowest BCUT2D eigenvalue weighted by atomic mass is 10.0. The Morgan fingerprint density at radius 1 is 1.21 bits per heavy atom. The molecule has 5 nitrogen and oxygen atoms in total. The molecular weight excluding hydrogens is 264 g/mol. The van der Waals surface area contributed by atoms with Crippen molar-refractivity contribution in [3.8, 4) is 22.4 Å². The van der Waals surface area contributed by atoms with E-state index in [2.05, 4.69) is 10.3 Å². The summed E-state index contributed by atoms with van der Waals surface area (Å²) in [4.78, 5) is 0. The van der Waals surface area contributed by atoms with Gasteiger partial charge in [0, 0.05) is 23.8 Å². The SMILES string of the molecule is Cn1cc(-c2noc(N)c2-c2ccc(Cl)cc2)cn1. The maximum Gasteiger partial charge on any atom is 0.230 e. The quantitative estimate of drug-likeness (QED) is 0.780. The molecule has 0 aliphatic heterocycles. The van der Waals surface area contributed by atoms with Crippen molar-refractivity contribution in [3.05, 3.63) is 41.7 Å². The Bertz CT molecular complexity index is 715. The number of rotatable bonds is 2. The fourth-order valence-corrected chi connectivity index (χ4v) is 2.06. The van der Waals surface area contributed by atoms with Crippen LogP contribution in [0.5, 0.6) is 0 Å². The zero-order chi connectivity index (χ0) is 13.4. The lowest BCUT2D eigenvalue weighted by Gasteiger charge is -2.01. The smallest absolute Gasteiger partial charge is 0.230 e. The molecule has 0 fully saturated rings. The van der Waals surface area contributed by atoms with E-state index in [-0.39, 0.29) is 5.88 Å². The van der Waals surface area contributed by atoms with Crippen LogP contribution in [0, 0.1) is 0 Å². The summed E-state index contributed by atoms with van der Waals surface area (Å²) in [6.45, 7) is 0. The predicted molar refractivity (Wildman–Crippen MR) is 73.6 cm³/mol. The Morgan fingerprint density at radius 3 is 2.58 bits per heavy atom. The standard InChI is InChI=1S/C13H11ClN4O/c1-18-7-9(6-16-18)12-11(13(15)19-17-12)8-2-4-10(14)5-3-8/h2-7H,15H2,1H3. The Morgan fingerprint density at radius 2 is 1.95 bits per heavy atom. The van der Waals surface area contributed by atoms with E-state index in [0.29, 0.717) is 10.7 Å². The number of hydrogen-bond acceptors (Lipinski definition) is 4. The van der Waals surface area contributed by atoms with Gasteiger partial charge in [-0.15, -0.1) is 0 Å². The number of anilines is 1. The maximum atomic E-state index is 5.89. The molecule has 0 saturated heterocycles. The summed E-state index contributed by atoms with van der Waals surface area (Å²) in [6.07, 6.45) is 3.58. The van der Waals surface area contributed by atoms with Crippen LogP contribution in [-0.2, 0) is 7.05 Å². The predicted octanol–water partition coefficient (Wildman–Crippen LogP) is 2.98. The van der Waals surface area contributed by atoms with E-state index in [1.807, 2.05) is 25.4 Å². The van der Waals surface area contributed by atoms with Crippen molar-refractivity contribution in [2.24, 2.45) is 7.05 Å². The minimum absolute atomic E-state index is 0.279. The number of nitrogens with two attached hydrogens (primary N) is 1. The van der Waals surface area contributed by atoms with Crippen LogP contribution in [0.25, 0.3) is 22.4 Å². The average molecular weight is 275 g/mol. The molecule has 6 heteroatoms. The minimum Gasteiger partial charge on any atom is -0.367 e. The van der Waals surface area contributed by atoms with Crippen LogP contribution in [0.1, 0.15) is 0 Å². The third-order valence-electron chi connectivity index (χ3n) is 2.83. The summed E-state index contributed by atoms with van der Waals surface area (Å²) in [5.41, 5.74) is 9.05. The third kappa shape index (κ3) is 2.08. The van der Waals surface area contributed by atoms with Gasteiger partial charge < -0.3 is 10.3 Å². The average Bonchev–Trinajstić information content (AvgIpc) is 2.97. The van der Waals surface area contributed by atoms with E-state index < -0.39 is 0 Å². The third-order valence-corrected chi connectivity index (χ3v) is 3.08. The van der Waals surface area contributed by atoms with E-state index in [9.17, 15) is 0 Å². The molecule has 0 radical (unpaired) electrons. The topological polar surface area (TPSA) is 69.9 Å². The Labute approximate surface area is 114 Å². The summed E-state index contributed by atoms with van der Waals surface area (Å²) < 4.78 is 6.80. The highest BCUT2D eigenvalue weighted by atomic mass is 35.5. The van der Waals surface area contributed by atoms with Crippen molar-refractivity contribution in [2.75, 3.05) is 5.73 Å². The zero-order valence-electron chi connectivity index (χ0n) is 10.2. The summed E-state index contributed by atoms with van der Waals surface area (Å²) in [7, 11) is 1.84. The molecule has 0 aliphatic carbocycles. The first-order valence-electron chi connectivity index (χ1n) is 5.65. The molecule has 1 aromatic carbocycles. The molecule has 19 heavy (non-hydrogen) atoms. The lowest BCUT2D eigenvalue weighted by Crippen LogP contribution is -1.87. The Hall–Kier alpha value is -2.27. The number of halogens is 1. The summed E-state index contributed by atoms with van der Waals surface area (Å²) in [5, 5.41) is 8.80. The van der Waals surface area contributed by atoms with Gasteiger partial charge in [0.25, 0.3) is 0 Å². The van der Waals surface area contributed by atoms with E-state index in [1.165, 1.54) is 0 Å². The normalized spacial score (nSPS) is 10.8. The van der Waals surface area contributed by atoms with Crippen molar-refractivity contribution in [1.29, 1.82) is 0 Å². The first-order chi connectivity index (χ1) is 9.15. The first kappa shape index (κ1) is 11.8. The molecule has 2 aromatic heterocycles. The molecule has 2 N–H and O–H groups in total. The van der Waals surface area contributed by atoms with Gasteiger partial charge in [-0.1, -0.05) is 28.9 Å². The number of nitrogen functional groups attached to an aromatic ring is 1. The van der Waals surface area contributed by atoms with Gasteiger partial charge in [0.15, 0.2) is 0 Å². The van der Waals surface area contributed by atoms with E-state index >= 15 is 0 Å². The highest BCUT2D eigenvalue weighted by molar-refractivity contribution is 6.30. The van der Waals surface area contributed by atoms with Crippen molar-refractivity contribution in [1.82, 2.24) is 14.9 Å². The van der Waals surface area contributed by atoms with Gasteiger partial charge in [0.1, 0.15) is 5.69 Å². The molecule has 0 atom stereocenters. The van der Waals surface area contributed by atoms with Gasteiger partial charge in [0.05, 0.1) is 11.8 Å². The van der Waals surface area contributed by atoms with E-state index in [0.717, 1.165) is 16.7 Å². The van der Waals surface area contributed by atoms with Gasteiger partial charge in [-0.25, -0.2) is 0 Å². The van der Waals surface area contributed by atoms with E-state index in [1.54, 1.807) is 23.0 Å². The second kappa shape index (κ2) is 4.44. The molecule has 0 spiro atoms. The second-order valence-corrected chi connectivity index (χ2v) is 4.62. The van der Waals surface area contributed by atoms with Crippen molar-refractivity contribution in [2.45, 2.75) is 0 Å². The molecule has 3 rings (SSSR count). The molecule has 96 valence electrons. The number of aromatic nitrogens is 3. The van der Waals surface area contributed by atoms with Crippen LogP contribution >= 0.6 is 11.6 Å². The van der Waals surface area contributed by atoms with Gasteiger partial charge in [-0.05, 0) is 17.7 Å².